The third-order valence-electron chi connectivity index (χ3n) is 3.62. The Balaban J connectivity index is 1.89. The Kier molecular flexibility index (Phi) is 3.38. The molecule has 3 rings (SSSR count). The summed E-state index contributed by atoms with van der Waals surface area (Å²) >= 11 is 5.80. The summed E-state index contributed by atoms with van der Waals surface area (Å²) < 4.78 is 0. The van der Waals surface area contributed by atoms with Crippen LogP contribution in [-0.4, -0.2) is 16.5 Å². The van der Waals surface area contributed by atoms with Gasteiger partial charge >= 0.3 is 0 Å². The van der Waals surface area contributed by atoms with E-state index in [4.69, 9.17) is 11.6 Å². The highest BCUT2D eigenvalue weighted by Gasteiger charge is 2.27. The van der Waals surface area contributed by atoms with Crippen LogP contribution in [0.5, 0.6) is 0 Å². The van der Waals surface area contributed by atoms with Crippen LogP contribution in [0, 0.1) is 6.92 Å². The lowest BCUT2D eigenvalue weighted by atomic mass is 10.0. The first-order chi connectivity index (χ1) is 9.24. The van der Waals surface area contributed by atoms with Crippen LogP contribution in [0.2, 0.25) is 5.15 Å². The first-order valence-electron chi connectivity index (χ1n) is 6.55. The van der Waals surface area contributed by atoms with Gasteiger partial charge in [0.1, 0.15) is 11.0 Å². The summed E-state index contributed by atoms with van der Waals surface area (Å²) in [6.07, 6.45) is 5.71. The maximum absolute atomic E-state index is 5.80. The number of aryl methyl sites for hydroxylation is 1. The van der Waals surface area contributed by atoms with Crippen molar-refractivity contribution in [1.82, 2.24) is 9.97 Å². The van der Waals surface area contributed by atoms with Crippen LogP contribution in [0.3, 0.4) is 0 Å². The summed E-state index contributed by atoms with van der Waals surface area (Å²) in [6.45, 7) is 3.13. The molecule has 3 nitrogen and oxygen atoms in total. The molecule has 0 N–H and O–H groups in total. The van der Waals surface area contributed by atoms with Gasteiger partial charge in [-0.2, -0.15) is 0 Å². The van der Waals surface area contributed by atoms with Crippen LogP contribution < -0.4 is 4.90 Å². The fraction of sp³-hybridized carbons (Fsp3) is 0.333. The van der Waals surface area contributed by atoms with Crippen LogP contribution in [0.1, 0.15) is 30.0 Å². The highest BCUT2D eigenvalue weighted by Crippen LogP contribution is 2.34. The predicted octanol–water partition coefficient (Wildman–Crippen LogP) is 3.78. The van der Waals surface area contributed by atoms with Gasteiger partial charge in [0.05, 0.1) is 18.4 Å². The van der Waals surface area contributed by atoms with E-state index in [0.717, 1.165) is 18.8 Å². The summed E-state index contributed by atoms with van der Waals surface area (Å²) in [4.78, 5) is 10.8. The second kappa shape index (κ2) is 5.17. The number of hydrogen-bond donors (Lipinski definition) is 0. The van der Waals surface area contributed by atoms with Crippen molar-refractivity contribution >= 4 is 17.4 Å². The van der Waals surface area contributed by atoms with Gasteiger partial charge in [-0.1, -0.05) is 41.4 Å². The van der Waals surface area contributed by atoms with Crippen molar-refractivity contribution < 1.29 is 0 Å². The third-order valence-corrected chi connectivity index (χ3v) is 3.81. The summed E-state index contributed by atoms with van der Waals surface area (Å²) in [6, 6.07) is 9.15. The summed E-state index contributed by atoms with van der Waals surface area (Å²) in [5.74, 6) is 0.910. The van der Waals surface area contributed by atoms with E-state index in [1.54, 1.807) is 12.4 Å². The maximum Gasteiger partial charge on any atom is 0.147 e. The quantitative estimate of drug-likeness (QED) is 0.834. The predicted molar refractivity (Wildman–Crippen MR) is 77.5 cm³/mol. The zero-order valence-corrected chi connectivity index (χ0v) is 11.6. The van der Waals surface area contributed by atoms with E-state index in [2.05, 4.69) is 46.1 Å². The van der Waals surface area contributed by atoms with Gasteiger partial charge in [0, 0.05) is 6.54 Å². The molecule has 2 aromatic rings. The smallest absolute Gasteiger partial charge is 0.147 e. The molecule has 1 fully saturated rings. The topological polar surface area (TPSA) is 29.0 Å². The molecule has 0 bridgehead atoms. The van der Waals surface area contributed by atoms with Crippen LogP contribution >= 0.6 is 11.6 Å². The van der Waals surface area contributed by atoms with Crippen molar-refractivity contribution in [3.8, 4) is 0 Å². The van der Waals surface area contributed by atoms with Gasteiger partial charge in [0.15, 0.2) is 0 Å². The minimum absolute atomic E-state index is 0.399. The number of aromatic nitrogens is 2. The Morgan fingerprint density at radius 3 is 2.63 bits per heavy atom. The summed E-state index contributed by atoms with van der Waals surface area (Å²) in [7, 11) is 0. The minimum atomic E-state index is 0.399. The minimum Gasteiger partial charge on any atom is -0.348 e. The van der Waals surface area contributed by atoms with Gasteiger partial charge in [0.25, 0.3) is 0 Å². The molecule has 4 heteroatoms. The summed E-state index contributed by atoms with van der Waals surface area (Å²) in [5, 5.41) is 0.440. The van der Waals surface area contributed by atoms with Gasteiger partial charge in [-0.05, 0) is 25.3 Å². The van der Waals surface area contributed by atoms with E-state index in [-0.39, 0.29) is 0 Å². The standard InChI is InChI=1S/C15H16ClN3/c1-11-4-6-12(7-5-11)13-3-2-8-19(13)15-10-17-14(16)9-18-15/h4-7,9-10,13H,2-3,8H2,1H3/t13-/m0/s1. The molecule has 1 aromatic carbocycles. The molecule has 1 aliphatic heterocycles. The fourth-order valence-corrected chi connectivity index (χ4v) is 2.73. The van der Waals surface area contributed by atoms with E-state index >= 15 is 0 Å². The monoisotopic (exact) mass is 273 g/mol. The molecule has 98 valence electrons. The lowest BCUT2D eigenvalue weighted by Crippen LogP contribution is -2.23. The molecule has 2 heterocycles. The molecule has 0 spiro atoms. The van der Waals surface area contributed by atoms with Gasteiger partial charge in [0.2, 0.25) is 0 Å². The third kappa shape index (κ3) is 2.56. The lowest BCUT2D eigenvalue weighted by Gasteiger charge is -2.25. The molecule has 1 aliphatic rings. The van der Waals surface area contributed by atoms with Crippen molar-refractivity contribution in [3.05, 3.63) is 52.9 Å². The Morgan fingerprint density at radius 1 is 1.16 bits per heavy atom. The number of halogens is 1. The molecule has 0 unspecified atom stereocenters. The van der Waals surface area contributed by atoms with Crippen LogP contribution in [0.15, 0.2) is 36.7 Å². The second-order valence-electron chi connectivity index (χ2n) is 4.96. The highest BCUT2D eigenvalue weighted by atomic mass is 35.5. The van der Waals surface area contributed by atoms with Crippen molar-refractivity contribution in [2.24, 2.45) is 0 Å². The molecule has 1 aromatic heterocycles. The molecule has 0 amide bonds. The molecular weight excluding hydrogens is 258 g/mol. The number of anilines is 1. The molecular formula is C15H16ClN3. The summed E-state index contributed by atoms with van der Waals surface area (Å²) in [5.41, 5.74) is 2.64. The number of nitrogens with zero attached hydrogens (tertiary/aromatic N) is 3. The van der Waals surface area contributed by atoms with Crippen LogP contribution in [0.25, 0.3) is 0 Å². The molecule has 0 radical (unpaired) electrons. The fourth-order valence-electron chi connectivity index (χ4n) is 2.63. The Bertz CT molecular complexity index is 499. The second-order valence-corrected chi connectivity index (χ2v) is 5.35. The van der Waals surface area contributed by atoms with Crippen LogP contribution in [-0.2, 0) is 0 Å². The molecule has 0 aliphatic carbocycles. The Morgan fingerprint density at radius 2 is 1.95 bits per heavy atom. The zero-order valence-electron chi connectivity index (χ0n) is 10.9. The van der Waals surface area contributed by atoms with Crippen molar-refractivity contribution in [2.45, 2.75) is 25.8 Å². The van der Waals surface area contributed by atoms with Gasteiger partial charge in [-0.25, -0.2) is 9.97 Å². The van der Waals surface area contributed by atoms with Crippen molar-refractivity contribution in [1.29, 1.82) is 0 Å². The van der Waals surface area contributed by atoms with E-state index < -0.39 is 0 Å². The van der Waals surface area contributed by atoms with Crippen molar-refractivity contribution in [3.63, 3.8) is 0 Å². The van der Waals surface area contributed by atoms with Gasteiger partial charge in [-0.15, -0.1) is 0 Å². The molecule has 19 heavy (non-hydrogen) atoms. The van der Waals surface area contributed by atoms with Gasteiger partial charge < -0.3 is 4.90 Å². The largest absolute Gasteiger partial charge is 0.348 e. The SMILES string of the molecule is Cc1ccc([C@@H]2CCCN2c2cnc(Cl)cn2)cc1. The molecule has 0 saturated carbocycles. The average molecular weight is 274 g/mol. The number of hydrogen-bond acceptors (Lipinski definition) is 3. The Labute approximate surface area is 118 Å². The van der Waals surface area contributed by atoms with E-state index in [1.807, 2.05) is 0 Å². The average Bonchev–Trinajstić information content (AvgIpc) is 2.90. The Hall–Kier alpha value is -1.61. The van der Waals surface area contributed by atoms with E-state index in [0.29, 0.717) is 11.2 Å². The highest BCUT2D eigenvalue weighted by molar-refractivity contribution is 6.29. The van der Waals surface area contributed by atoms with E-state index in [9.17, 15) is 0 Å². The van der Waals surface area contributed by atoms with Crippen molar-refractivity contribution in [2.75, 3.05) is 11.4 Å². The zero-order chi connectivity index (χ0) is 13.2. The molecule has 1 atom stereocenters. The van der Waals surface area contributed by atoms with E-state index in [1.165, 1.54) is 17.5 Å². The number of rotatable bonds is 2. The lowest BCUT2D eigenvalue weighted by molar-refractivity contribution is 0.710. The first-order valence-corrected chi connectivity index (χ1v) is 6.92. The molecule has 1 saturated heterocycles. The number of benzene rings is 1. The van der Waals surface area contributed by atoms with Gasteiger partial charge in [-0.3, -0.25) is 0 Å². The normalized spacial score (nSPS) is 18.8. The maximum atomic E-state index is 5.80. The first kappa shape index (κ1) is 12.4. The van der Waals surface area contributed by atoms with Crippen LogP contribution in [0.4, 0.5) is 5.82 Å².